The van der Waals surface area contributed by atoms with Gasteiger partial charge in [-0.3, -0.25) is 9.55 Å². The number of phenolic OH excluding ortho intramolecular Hbond substituents is 1. The number of aromatic hydroxyl groups is 1. The van der Waals surface area contributed by atoms with E-state index in [1.165, 1.54) is 11.1 Å². The highest BCUT2D eigenvalue weighted by atomic mass is 16.3. The van der Waals surface area contributed by atoms with E-state index in [0.717, 1.165) is 78.0 Å². The zero-order valence-electron chi connectivity index (χ0n) is 36.0. The molecule has 0 aliphatic heterocycles. The summed E-state index contributed by atoms with van der Waals surface area (Å²) in [6.45, 7) is 12.6. The highest BCUT2D eigenvalue weighted by Gasteiger charge is 2.23. The average molecular weight is 781 g/mol. The molecule has 0 saturated carbocycles. The maximum atomic E-state index is 11.4. The molecule has 2 aromatic heterocycles. The van der Waals surface area contributed by atoms with Crippen LogP contribution < -0.4 is 0 Å². The highest BCUT2D eigenvalue weighted by Crippen LogP contribution is 2.42. The molecule has 0 radical (unpaired) electrons. The molecule has 9 rings (SSSR count). The number of aromatic nitrogens is 3. The molecular weight excluding hydrogens is 731 g/mol. The third-order valence-electron chi connectivity index (χ3n) is 11.5. The van der Waals surface area contributed by atoms with Crippen LogP contribution in [0.25, 0.3) is 83.9 Å². The van der Waals surface area contributed by atoms with Crippen molar-refractivity contribution in [3.05, 3.63) is 193 Å². The number of phenols is 1. The average Bonchev–Trinajstić information content (AvgIpc) is 3.65. The highest BCUT2D eigenvalue weighted by molar-refractivity contribution is 5.98. The van der Waals surface area contributed by atoms with E-state index in [0.29, 0.717) is 11.4 Å². The summed E-state index contributed by atoms with van der Waals surface area (Å²) in [5, 5.41) is 11.4. The van der Waals surface area contributed by atoms with E-state index in [9.17, 15) is 5.11 Å². The van der Waals surface area contributed by atoms with Crippen molar-refractivity contribution in [2.75, 3.05) is 0 Å². The first-order valence-electron chi connectivity index (χ1n) is 21.1. The minimum Gasteiger partial charge on any atom is -0.507 e. The summed E-state index contributed by atoms with van der Waals surface area (Å²) in [4.78, 5) is 10.4. The van der Waals surface area contributed by atoms with Crippen LogP contribution in [0.1, 0.15) is 58.6 Å². The van der Waals surface area contributed by atoms with Crippen LogP contribution in [0, 0.1) is 6.92 Å². The van der Waals surface area contributed by atoms with Crippen molar-refractivity contribution in [3.8, 4) is 78.6 Å². The van der Waals surface area contributed by atoms with E-state index >= 15 is 0 Å². The second-order valence-electron chi connectivity index (χ2n) is 17.0. The summed E-state index contributed by atoms with van der Waals surface area (Å²) in [5.74, 6) is -0.0503. The van der Waals surface area contributed by atoms with Gasteiger partial charge in [0, 0.05) is 24.3 Å². The first kappa shape index (κ1) is 37.2. The van der Waals surface area contributed by atoms with E-state index in [4.69, 9.17) is 11.3 Å². The number of aryl methyl sites for hydroxylation is 1. The molecule has 0 bridgehead atoms. The van der Waals surface area contributed by atoms with E-state index < -0.39 is 5.89 Å². The van der Waals surface area contributed by atoms with Gasteiger partial charge >= 0.3 is 0 Å². The number of benzene rings is 7. The molecule has 0 saturated heterocycles. The Kier molecular flexibility index (Phi) is 9.69. The topological polar surface area (TPSA) is 50.9 Å². The summed E-state index contributed by atoms with van der Waals surface area (Å²) in [6, 6.07) is 58.8. The molecule has 9 aromatic rings. The number of hydrogen-bond donors (Lipinski definition) is 1. The zero-order chi connectivity index (χ0) is 42.5. The fraction of sp³-hybridized carbons (Fsp3) is 0.143. The number of fused-ring (bicyclic) bond motifs is 1. The Morgan fingerprint density at radius 1 is 0.567 bits per heavy atom. The van der Waals surface area contributed by atoms with Gasteiger partial charge < -0.3 is 5.11 Å². The van der Waals surface area contributed by atoms with Crippen molar-refractivity contribution in [2.45, 2.75) is 52.9 Å². The SMILES string of the molecule is [2H]C(C)(C)c1ccc(-n2c(-c3ccccc3O)nc3c(-c4cc(-c5ccccc5)cc(-c5cc(-c6ccc(C)cc6)ccn5)c4)cccc32)c(-c2ccc(C(C)(C)C)cc2)c1. The second kappa shape index (κ2) is 15.6. The number of imidazole rings is 1. The van der Waals surface area contributed by atoms with Crippen molar-refractivity contribution < 1.29 is 6.48 Å². The van der Waals surface area contributed by atoms with Gasteiger partial charge in [0.05, 0.1) is 28.0 Å². The minimum absolute atomic E-state index is 0.00102. The lowest BCUT2D eigenvalue weighted by Crippen LogP contribution is -2.10. The van der Waals surface area contributed by atoms with Crippen LogP contribution in [0.15, 0.2) is 176 Å². The van der Waals surface area contributed by atoms with Gasteiger partial charge in [-0.25, -0.2) is 4.98 Å². The molecule has 0 unspecified atom stereocenters. The molecule has 0 atom stereocenters. The lowest BCUT2D eigenvalue weighted by Gasteiger charge is -2.21. The molecule has 4 nitrogen and oxygen atoms in total. The van der Waals surface area contributed by atoms with E-state index in [2.05, 4.69) is 166 Å². The Balaban J connectivity index is 1.30. The molecule has 294 valence electrons. The molecule has 1 N–H and O–H groups in total. The lowest BCUT2D eigenvalue weighted by atomic mass is 9.86. The van der Waals surface area contributed by atoms with Crippen molar-refractivity contribution >= 4 is 11.0 Å². The standard InChI is InChI=1S/C56H49N3O/c1-36(2)41-25-28-51(49(34-41)40-23-26-46(27-24-40)56(4,5)6)59-52-17-12-16-47(54(52)58-55(59)48-15-10-11-18-53(48)60)44-31-43(38-13-8-7-9-14-38)32-45(33-44)50-35-42(29-30-57-50)39-21-19-37(3)20-22-39/h7-36,60H,1-6H3/i36D. The molecular formula is C56H49N3O. The quantitative estimate of drug-likeness (QED) is 0.167. The van der Waals surface area contributed by atoms with E-state index in [-0.39, 0.29) is 11.2 Å². The normalized spacial score (nSPS) is 12.1. The van der Waals surface area contributed by atoms with E-state index in [1.54, 1.807) is 6.07 Å². The van der Waals surface area contributed by atoms with Crippen LogP contribution >= 0.6 is 0 Å². The number of para-hydroxylation sites is 2. The molecule has 4 heteroatoms. The smallest absolute Gasteiger partial charge is 0.149 e. The van der Waals surface area contributed by atoms with Gasteiger partial charge in [0.15, 0.2) is 0 Å². The van der Waals surface area contributed by atoms with Gasteiger partial charge in [0.25, 0.3) is 0 Å². The third-order valence-corrected chi connectivity index (χ3v) is 11.5. The zero-order valence-corrected chi connectivity index (χ0v) is 35.0. The van der Waals surface area contributed by atoms with Crippen molar-refractivity contribution in [1.29, 1.82) is 0 Å². The Labute approximate surface area is 354 Å². The molecule has 0 fully saturated rings. The Bertz CT molecular complexity index is 3040. The van der Waals surface area contributed by atoms with Crippen LogP contribution in [-0.4, -0.2) is 19.6 Å². The van der Waals surface area contributed by atoms with Gasteiger partial charge in [-0.05, 0) is 123 Å². The summed E-state index contributed by atoms with van der Waals surface area (Å²) >= 11 is 0. The fourth-order valence-corrected chi connectivity index (χ4v) is 8.08. The summed E-state index contributed by atoms with van der Waals surface area (Å²) in [6.07, 6.45) is 1.89. The van der Waals surface area contributed by atoms with Crippen molar-refractivity contribution in [3.63, 3.8) is 0 Å². The van der Waals surface area contributed by atoms with Gasteiger partial charge in [0.2, 0.25) is 0 Å². The Morgan fingerprint density at radius 2 is 1.23 bits per heavy atom. The monoisotopic (exact) mass is 780 g/mol. The fourth-order valence-electron chi connectivity index (χ4n) is 8.08. The molecule has 7 aromatic carbocycles. The first-order chi connectivity index (χ1) is 29.3. The molecule has 0 aliphatic rings. The molecule has 60 heavy (non-hydrogen) atoms. The van der Waals surface area contributed by atoms with E-state index in [1.807, 2.05) is 50.4 Å². The van der Waals surface area contributed by atoms with Crippen LogP contribution in [0.3, 0.4) is 0 Å². The summed E-state index contributed by atoms with van der Waals surface area (Å²) in [7, 11) is 0. The minimum atomic E-state index is -0.820. The molecule has 0 spiro atoms. The molecule has 2 heterocycles. The largest absolute Gasteiger partial charge is 0.507 e. The van der Waals surface area contributed by atoms with Gasteiger partial charge in [-0.15, -0.1) is 0 Å². The van der Waals surface area contributed by atoms with Gasteiger partial charge in [-0.2, -0.15) is 0 Å². The Hall–Kier alpha value is -7.04. The van der Waals surface area contributed by atoms with Gasteiger partial charge in [-0.1, -0.05) is 149 Å². The molecule has 0 aliphatic carbocycles. The predicted octanol–water partition coefficient (Wildman–Crippen LogP) is 14.9. The predicted molar refractivity (Wildman–Crippen MR) is 251 cm³/mol. The summed E-state index contributed by atoms with van der Waals surface area (Å²) in [5.41, 5.74) is 16.9. The van der Waals surface area contributed by atoms with Crippen molar-refractivity contribution in [1.82, 2.24) is 14.5 Å². The number of rotatable bonds is 8. The van der Waals surface area contributed by atoms with Crippen LogP contribution in [0.2, 0.25) is 0 Å². The van der Waals surface area contributed by atoms with Gasteiger partial charge in [0.1, 0.15) is 11.6 Å². The number of hydrogen-bond acceptors (Lipinski definition) is 3. The van der Waals surface area contributed by atoms with Crippen LogP contribution in [0.5, 0.6) is 5.75 Å². The van der Waals surface area contributed by atoms with Crippen molar-refractivity contribution in [2.24, 2.45) is 0 Å². The first-order valence-corrected chi connectivity index (χ1v) is 20.6. The number of nitrogens with zero attached hydrogens (tertiary/aromatic N) is 3. The summed E-state index contributed by atoms with van der Waals surface area (Å²) < 4.78 is 11.2. The maximum absolute atomic E-state index is 11.4. The Morgan fingerprint density at radius 3 is 1.97 bits per heavy atom. The van der Waals surface area contributed by atoms with Crippen LogP contribution in [0.4, 0.5) is 0 Å². The number of pyridine rings is 1. The maximum Gasteiger partial charge on any atom is 0.149 e. The third kappa shape index (κ3) is 7.42. The lowest BCUT2D eigenvalue weighted by molar-refractivity contribution is 0.477. The van der Waals surface area contributed by atoms with Crippen LogP contribution in [-0.2, 0) is 5.41 Å². The second-order valence-corrected chi connectivity index (χ2v) is 17.0. The molecule has 0 amide bonds.